The molecule has 1 N–H and O–H groups in total. The number of ketones is 1. The molecule has 1 saturated heterocycles. The van der Waals surface area contributed by atoms with Crippen LogP contribution in [-0.2, 0) is 20.7 Å². The lowest BCUT2D eigenvalue weighted by Gasteiger charge is -2.26. The zero-order chi connectivity index (χ0) is 23.4. The molecule has 1 aliphatic heterocycles. The van der Waals surface area contributed by atoms with Crippen LogP contribution in [0.3, 0.4) is 0 Å². The third kappa shape index (κ3) is 4.70. The Bertz CT molecular complexity index is 1020. The second-order valence-electron chi connectivity index (χ2n) is 8.19. The van der Waals surface area contributed by atoms with Crippen molar-refractivity contribution in [1.82, 2.24) is 4.90 Å². The molecule has 3 rings (SSSR count). The van der Waals surface area contributed by atoms with Gasteiger partial charge in [0.1, 0.15) is 11.5 Å². The number of aliphatic hydroxyl groups excluding tert-OH is 1. The first-order valence-electron chi connectivity index (χ1n) is 10.9. The summed E-state index contributed by atoms with van der Waals surface area (Å²) < 4.78 is 10.9. The quantitative estimate of drug-likeness (QED) is 0.376. The maximum Gasteiger partial charge on any atom is 0.295 e. The highest BCUT2D eigenvalue weighted by Gasteiger charge is 2.46. The third-order valence-corrected chi connectivity index (χ3v) is 5.72. The summed E-state index contributed by atoms with van der Waals surface area (Å²) in [5, 5.41) is 11.2. The molecule has 0 spiro atoms. The molecule has 0 aromatic heterocycles. The second kappa shape index (κ2) is 10.0. The molecule has 0 saturated carbocycles. The number of benzene rings is 2. The van der Waals surface area contributed by atoms with E-state index in [1.807, 2.05) is 45.0 Å². The van der Waals surface area contributed by atoms with E-state index in [9.17, 15) is 14.7 Å². The lowest BCUT2D eigenvalue weighted by atomic mass is 9.93. The van der Waals surface area contributed by atoms with Gasteiger partial charge in [-0.2, -0.15) is 0 Å². The van der Waals surface area contributed by atoms with Crippen molar-refractivity contribution in [2.45, 2.75) is 46.3 Å². The number of methoxy groups -OCH3 is 1. The Labute approximate surface area is 189 Å². The summed E-state index contributed by atoms with van der Waals surface area (Å²) in [6.07, 6.45) is 0.893. The Morgan fingerprint density at radius 3 is 2.38 bits per heavy atom. The first-order chi connectivity index (χ1) is 15.3. The van der Waals surface area contributed by atoms with E-state index in [1.165, 1.54) is 4.90 Å². The van der Waals surface area contributed by atoms with E-state index < -0.39 is 17.7 Å². The topological polar surface area (TPSA) is 76.1 Å². The van der Waals surface area contributed by atoms with Crippen LogP contribution in [0.4, 0.5) is 0 Å². The monoisotopic (exact) mass is 437 g/mol. The van der Waals surface area contributed by atoms with Gasteiger partial charge >= 0.3 is 0 Å². The largest absolute Gasteiger partial charge is 0.507 e. The highest BCUT2D eigenvalue weighted by Crippen LogP contribution is 2.40. The highest BCUT2D eigenvalue weighted by molar-refractivity contribution is 6.46. The van der Waals surface area contributed by atoms with Crippen molar-refractivity contribution in [2.24, 2.45) is 0 Å². The molecule has 170 valence electrons. The summed E-state index contributed by atoms with van der Waals surface area (Å²) in [5.74, 6) is -0.848. The van der Waals surface area contributed by atoms with Crippen molar-refractivity contribution in [3.8, 4) is 5.75 Å². The van der Waals surface area contributed by atoms with Gasteiger partial charge in [0, 0.05) is 12.1 Å². The number of nitrogens with zero attached hydrogens (tertiary/aromatic N) is 1. The van der Waals surface area contributed by atoms with E-state index in [1.54, 1.807) is 25.3 Å². The molecule has 0 bridgehead atoms. The fraction of sp³-hybridized carbons (Fsp3) is 0.385. The Balaban J connectivity index is 2.11. The summed E-state index contributed by atoms with van der Waals surface area (Å²) in [4.78, 5) is 27.6. The van der Waals surface area contributed by atoms with Crippen molar-refractivity contribution >= 4 is 17.4 Å². The van der Waals surface area contributed by atoms with Crippen LogP contribution >= 0.6 is 0 Å². The first-order valence-corrected chi connectivity index (χ1v) is 10.9. The number of carbonyl (C=O) groups is 2. The minimum atomic E-state index is -0.688. The average molecular weight is 438 g/mol. The fourth-order valence-electron chi connectivity index (χ4n) is 3.95. The Kier molecular flexibility index (Phi) is 7.36. The lowest BCUT2D eigenvalue weighted by molar-refractivity contribution is -0.140. The Morgan fingerprint density at radius 1 is 1.12 bits per heavy atom. The number of hydrogen-bond donors (Lipinski definition) is 1. The number of hydrogen-bond acceptors (Lipinski definition) is 5. The van der Waals surface area contributed by atoms with Crippen LogP contribution in [-0.4, -0.2) is 48.1 Å². The minimum absolute atomic E-state index is 0.0102. The van der Waals surface area contributed by atoms with Crippen molar-refractivity contribution in [2.75, 3.05) is 20.3 Å². The van der Waals surface area contributed by atoms with Crippen LogP contribution in [0.5, 0.6) is 5.75 Å². The molecule has 2 aromatic rings. The molecule has 0 aliphatic carbocycles. The molecule has 1 fully saturated rings. The average Bonchev–Trinajstić information content (AvgIpc) is 3.03. The van der Waals surface area contributed by atoms with Crippen LogP contribution in [0.1, 0.15) is 49.1 Å². The van der Waals surface area contributed by atoms with Gasteiger partial charge in [-0.05, 0) is 62.1 Å². The smallest absolute Gasteiger partial charge is 0.295 e. The summed E-state index contributed by atoms with van der Waals surface area (Å²) in [5.41, 5.74) is 3.27. The van der Waals surface area contributed by atoms with E-state index >= 15 is 0 Å². The molecular weight excluding hydrogens is 406 g/mol. The van der Waals surface area contributed by atoms with Crippen LogP contribution in [0, 0.1) is 6.92 Å². The molecule has 32 heavy (non-hydrogen) atoms. The van der Waals surface area contributed by atoms with E-state index in [2.05, 4.69) is 6.92 Å². The van der Waals surface area contributed by atoms with Crippen LogP contribution < -0.4 is 4.74 Å². The number of carbonyl (C=O) groups excluding carboxylic acids is 2. The van der Waals surface area contributed by atoms with Gasteiger partial charge in [0.15, 0.2) is 0 Å². The van der Waals surface area contributed by atoms with Gasteiger partial charge in [0.25, 0.3) is 11.7 Å². The molecule has 2 aromatic carbocycles. The zero-order valence-electron chi connectivity index (χ0n) is 19.3. The van der Waals surface area contributed by atoms with Crippen LogP contribution in [0.15, 0.2) is 48.0 Å². The van der Waals surface area contributed by atoms with E-state index in [-0.39, 0.29) is 24.0 Å². The molecule has 1 amide bonds. The maximum absolute atomic E-state index is 13.1. The van der Waals surface area contributed by atoms with Crippen molar-refractivity contribution in [3.63, 3.8) is 0 Å². The number of likely N-dealkylation sites (tertiary alicyclic amines) is 1. The van der Waals surface area contributed by atoms with Gasteiger partial charge in [0.05, 0.1) is 31.4 Å². The van der Waals surface area contributed by atoms with Gasteiger partial charge < -0.3 is 19.5 Å². The predicted octanol–water partition coefficient (Wildman–Crippen LogP) is 4.41. The minimum Gasteiger partial charge on any atom is -0.507 e. The molecule has 1 unspecified atom stereocenters. The number of aliphatic hydroxyl groups is 1. The molecular formula is C26H31NO5. The number of rotatable bonds is 8. The summed E-state index contributed by atoms with van der Waals surface area (Å²) in [6, 6.07) is 12.3. The SMILES string of the molecule is CCc1ccc(C2/C(=C(/O)c3ccc(OC)cc3C)C(=O)C(=O)N2CCOC(C)C)cc1. The Hall–Kier alpha value is -3.12. The molecule has 1 aliphatic rings. The van der Waals surface area contributed by atoms with Crippen molar-refractivity contribution < 1.29 is 24.2 Å². The molecule has 1 heterocycles. The third-order valence-electron chi connectivity index (χ3n) is 5.72. The fourth-order valence-corrected chi connectivity index (χ4v) is 3.95. The van der Waals surface area contributed by atoms with Gasteiger partial charge in [0.2, 0.25) is 0 Å². The number of amides is 1. The van der Waals surface area contributed by atoms with E-state index in [4.69, 9.17) is 9.47 Å². The van der Waals surface area contributed by atoms with Gasteiger partial charge in [-0.1, -0.05) is 31.2 Å². The molecule has 6 heteroatoms. The van der Waals surface area contributed by atoms with Crippen molar-refractivity contribution in [3.05, 3.63) is 70.3 Å². The van der Waals surface area contributed by atoms with Gasteiger partial charge in [-0.3, -0.25) is 9.59 Å². The number of Topliss-reactive ketones (excluding diaryl/α,β-unsaturated/α-hetero) is 1. The lowest BCUT2D eigenvalue weighted by Crippen LogP contribution is -2.33. The standard InChI is InChI=1S/C26H31NO5/c1-6-18-7-9-19(10-8-18)23-22(24(28)21-12-11-20(31-5)15-17(21)4)25(29)26(30)27(23)13-14-32-16(2)3/h7-12,15-16,23,28H,6,13-14H2,1-5H3/b24-22-. The molecule has 6 nitrogen and oxygen atoms in total. The summed E-state index contributed by atoms with van der Waals surface area (Å²) in [7, 11) is 1.57. The van der Waals surface area contributed by atoms with E-state index in [0.29, 0.717) is 17.9 Å². The van der Waals surface area contributed by atoms with Crippen LogP contribution in [0.2, 0.25) is 0 Å². The van der Waals surface area contributed by atoms with Crippen molar-refractivity contribution in [1.29, 1.82) is 0 Å². The highest BCUT2D eigenvalue weighted by atomic mass is 16.5. The summed E-state index contributed by atoms with van der Waals surface area (Å²) >= 11 is 0. The Morgan fingerprint density at radius 2 is 1.81 bits per heavy atom. The first kappa shape index (κ1) is 23.5. The number of ether oxygens (including phenoxy) is 2. The predicted molar refractivity (Wildman–Crippen MR) is 124 cm³/mol. The molecule has 1 atom stereocenters. The molecule has 0 radical (unpaired) electrons. The van der Waals surface area contributed by atoms with Gasteiger partial charge in [-0.15, -0.1) is 0 Å². The normalized spacial score (nSPS) is 17.9. The number of aryl methyl sites for hydroxylation is 2. The van der Waals surface area contributed by atoms with E-state index in [0.717, 1.165) is 23.1 Å². The maximum atomic E-state index is 13.1. The summed E-state index contributed by atoms with van der Waals surface area (Å²) in [6.45, 7) is 8.28. The van der Waals surface area contributed by atoms with Crippen LogP contribution in [0.25, 0.3) is 5.76 Å². The van der Waals surface area contributed by atoms with Gasteiger partial charge in [-0.25, -0.2) is 0 Å². The second-order valence-corrected chi connectivity index (χ2v) is 8.19. The zero-order valence-corrected chi connectivity index (χ0v) is 19.3.